The number of ketones is 1. The molecular weight excluding hydrogens is 441 g/mol. The lowest BCUT2D eigenvalue weighted by Crippen LogP contribution is -2.12. The van der Waals surface area contributed by atoms with Gasteiger partial charge in [0.15, 0.2) is 5.78 Å². The van der Waals surface area contributed by atoms with Crippen LogP contribution >= 0.6 is 0 Å². The molecule has 0 unspecified atom stereocenters. The minimum absolute atomic E-state index is 0.153. The zero-order valence-corrected chi connectivity index (χ0v) is 18.7. The van der Waals surface area contributed by atoms with Crippen LogP contribution in [0.1, 0.15) is 28.9 Å². The van der Waals surface area contributed by atoms with Gasteiger partial charge in [0.1, 0.15) is 11.5 Å². The number of hydrogen-bond donors (Lipinski definition) is 0. The Morgan fingerprint density at radius 3 is 2.51 bits per heavy atom. The molecule has 1 aliphatic carbocycles. The number of Topliss-reactive ketones (excluding diaryl/α,β-unsaturated/α-hetero) is 1. The van der Waals surface area contributed by atoms with Crippen LogP contribution in [0.25, 0.3) is 39.6 Å². The molecule has 1 aliphatic rings. The Labute approximate surface area is 201 Å². The van der Waals surface area contributed by atoms with Gasteiger partial charge in [-0.2, -0.15) is 0 Å². The molecule has 0 fully saturated rings. The van der Waals surface area contributed by atoms with Crippen molar-refractivity contribution in [3.8, 4) is 39.6 Å². The molecule has 0 N–H and O–H groups in total. The first kappa shape index (κ1) is 21.0. The summed E-state index contributed by atoms with van der Waals surface area (Å²) in [6, 6.07) is 17.7. The summed E-state index contributed by atoms with van der Waals surface area (Å²) in [6.07, 6.45) is 9.29. The fourth-order valence-electron chi connectivity index (χ4n) is 4.36. The maximum absolute atomic E-state index is 14.0. The SMILES string of the molecule is O=C1CCCc2nc(-c3cn(-c4cc(-c5cccnc5)nc(-c5cccc(F)c5)c4)cn3)ccc21. The van der Waals surface area contributed by atoms with E-state index in [1.54, 1.807) is 24.8 Å². The number of halogens is 1. The van der Waals surface area contributed by atoms with Gasteiger partial charge in [-0.05, 0) is 61.4 Å². The van der Waals surface area contributed by atoms with E-state index in [-0.39, 0.29) is 11.6 Å². The summed E-state index contributed by atoms with van der Waals surface area (Å²) in [5.74, 6) is -0.167. The second-order valence-electron chi connectivity index (χ2n) is 8.48. The van der Waals surface area contributed by atoms with Crippen molar-refractivity contribution in [2.45, 2.75) is 19.3 Å². The predicted molar refractivity (Wildman–Crippen MR) is 130 cm³/mol. The molecule has 6 nitrogen and oxygen atoms in total. The molecule has 5 aromatic rings. The Hall–Kier alpha value is -4.52. The van der Waals surface area contributed by atoms with Gasteiger partial charge >= 0.3 is 0 Å². The summed E-state index contributed by atoms with van der Waals surface area (Å²) >= 11 is 0. The highest BCUT2D eigenvalue weighted by Crippen LogP contribution is 2.28. The van der Waals surface area contributed by atoms with Gasteiger partial charge in [-0.25, -0.2) is 14.4 Å². The third kappa shape index (κ3) is 4.12. The summed E-state index contributed by atoms with van der Waals surface area (Å²) in [7, 11) is 0. The zero-order valence-electron chi connectivity index (χ0n) is 18.7. The van der Waals surface area contributed by atoms with E-state index in [0.717, 1.165) is 46.7 Å². The molecule has 0 bridgehead atoms. The summed E-state index contributed by atoms with van der Waals surface area (Å²) in [5.41, 5.74) is 6.70. The van der Waals surface area contributed by atoms with Gasteiger partial charge in [0.25, 0.3) is 0 Å². The lowest BCUT2D eigenvalue weighted by molar-refractivity contribution is 0.0971. The molecule has 170 valence electrons. The molecule has 35 heavy (non-hydrogen) atoms. The first-order chi connectivity index (χ1) is 17.1. The highest BCUT2D eigenvalue weighted by Gasteiger charge is 2.19. The smallest absolute Gasteiger partial charge is 0.164 e. The number of carbonyl (C=O) groups is 1. The average Bonchev–Trinajstić information content (AvgIpc) is 3.40. The van der Waals surface area contributed by atoms with Crippen LogP contribution < -0.4 is 0 Å². The largest absolute Gasteiger partial charge is 0.305 e. The minimum Gasteiger partial charge on any atom is -0.305 e. The minimum atomic E-state index is -0.320. The summed E-state index contributed by atoms with van der Waals surface area (Å²) < 4.78 is 15.8. The van der Waals surface area contributed by atoms with E-state index in [1.807, 2.05) is 53.2 Å². The van der Waals surface area contributed by atoms with Crippen LogP contribution in [0, 0.1) is 5.82 Å². The number of fused-ring (bicyclic) bond motifs is 1. The van der Waals surface area contributed by atoms with E-state index in [0.29, 0.717) is 23.4 Å². The lowest BCUT2D eigenvalue weighted by Gasteiger charge is -2.13. The van der Waals surface area contributed by atoms with Gasteiger partial charge in [-0.1, -0.05) is 12.1 Å². The third-order valence-corrected chi connectivity index (χ3v) is 6.12. The number of rotatable bonds is 4. The number of imidazole rings is 1. The molecule has 0 saturated carbocycles. The second-order valence-corrected chi connectivity index (χ2v) is 8.48. The molecule has 0 atom stereocenters. The van der Waals surface area contributed by atoms with E-state index in [9.17, 15) is 9.18 Å². The number of hydrogen-bond acceptors (Lipinski definition) is 5. The van der Waals surface area contributed by atoms with E-state index in [4.69, 9.17) is 9.97 Å². The fourth-order valence-corrected chi connectivity index (χ4v) is 4.36. The van der Waals surface area contributed by atoms with Crippen molar-refractivity contribution >= 4 is 5.78 Å². The Bertz CT molecular complexity index is 1560. The Morgan fingerprint density at radius 2 is 1.69 bits per heavy atom. The fraction of sp³-hybridized carbons (Fsp3) is 0.107. The van der Waals surface area contributed by atoms with Crippen LogP contribution in [0.5, 0.6) is 0 Å². The quantitative estimate of drug-likeness (QED) is 0.342. The molecule has 6 rings (SSSR count). The number of pyridine rings is 3. The summed E-state index contributed by atoms with van der Waals surface area (Å²) in [5, 5.41) is 0. The van der Waals surface area contributed by atoms with Gasteiger partial charge in [0.2, 0.25) is 0 Å². The first-order valence-electron chi connectivity index (χ1n) is 11.4. The standard InChI is InChI=1S/C28H20FN5O/c29-20-6-1-4-18(12-20)25-13-21(14-26(33-25)19-5-3-11-30-15-19)34-16-27(31-17-34)24-10-9-22-23(32-24)7-2-8-28(22)35/h1,3-6,9-17H,2,7-8H2. The van der Waals surface area contributed by atoms with Crippen LogP contribution in [-0.4, -0.2) is 30.3 Å². The highest BCUT2D eigenvalue weighted by atomic mass is 19.1. The average molecular weight is 462 g/mol. The topological polar surface area (TPSA) is 73.6 Å². The van der Waals surface area contributed by atoms with E-state index in [1.165, 1.54) is 12.1 Å². The Balaban J connectivity index is 1.43. The number of carbonyl (C=O) groups excluding carboxylic acids is 1. The van der Waals surface area contributed by atoms with E-state index in [2.05, 4.69) is 9.97 Å². The molecule has 4 aromatic heterocycles. The van der Waals surface area contributed by atoms with Crippen LogP contribution in [0.4, 0.5) is 4.39 Å². The van der Waals surface area contributed by atoms with Crippen molar-refractivity contribution in [1.29, 1.82) is 0 Å². The van der Waals surface area contributed by atoms with Crippen LogP contribution in [0.3, 0.4) is 0 Å². The number of nitrogens with zero attached hydrogens (tertiary/aromatic N) is 5. The van der Waals surface area contributed by atoms with Gasteiger partial charge in [0.05, 0.1) is 34.8 Å². The van der Waals surface area contributed by atoms with Crippen molar-refractivity contribution in [2.24, 2.45) is 0 Å². The maximum Gasteiger partial charge on any atom is 0.164 e. The Kier molecular flexibility index (Phi) is 5.22. The predicted octanol–water partition coefficient (Wildman–Crippen LogP) is 5.72. The van der Waals surface area contributed by atoms with Gasteiger partial charge in [0, 0.05) is 41.7 Å². The number of benzene rings is 1. The van der Waals surface area contributed by atoms with Crippen molar-refractivity contribution in [2.75, 3.05) is 0 Å². The van der Waals surface area contributed by atoms with Crippen LogP contribution in [0.15, 0.2) is 85.6 Å². The molecule has 0 spiro atoms. The third-order valence-electron chi connectivity index (χ3n) is 6.12. The second kappa shape index (κ2) is 8.68. The lowest BCUT2D eigenvalue weighted by atomic mass is 9.94. The van der Waals surface area contributed by atoms with Gasteiger partial charge in [-0.15, -0.1) is 0 Å². The van der Waals surface area contributed by atoms with Crippen LogP contribution in [0.2, 0.25) is 0 Å². The van der Waals surface area contributed by atoms with Crippen molar-refractivity contribution in [3.63, 3.8) is 0 Å². The van der Waals surface area contributed by atoms with Crippen LogP contribution in [-0.2, 0) is 6.42 Å². The van der Waals surface area contributed by atoms with Crippen molar-refractivity contribution in [3.05, 3.63) is 103 Å². The molecule has 1 aromatic carbocycles. The van der Waals surface area contributed by atoms with Gasteiger partial charge in [-0.3, -0.25) is 14.8 Å². The zero-order chi connectivity index (χ0) is 23.8. The van der Waals surface area contributed by atoms with Crippen molar-refractivity contribution < 1.29 is 9.18 Å². The molecule has 0 aliphatic heterocycles. The highest BCUT2D eigenvalue weighted by molar-refractivity contribution is 5.98. The summed E-state index contributed by atoms with van der Waals surface area (Å²) in [6.45, 7) is 0. The van der Waals surface area contributed by atoms with Gasteiger partial charge < -0.3 is 4.57 Å². The molecule has 0 radical (unpaired) electrons. The molecule has 0 saturated heterocycles. The normalized spacial score (nSPS) is 13.0. The van der Waals surface area contributed by atoms with Crippen molar-refractivity contribution in [1.82, 2.24) is 24.5 Å². The first-order valence-corrected chi connectivity index (χ1v) is 11.4. The maximum atomic E-state index is 14.0. The molecular formula is C28H20FN5O. The number of aryl methyl sites for hydroxylation is 1. The molecule has 7 heteroatoms. The van der Waals surface area contributed by atoms with E-state index >= 15 is 0 Å². The monoisotopic (exact) mass is 461 g/mol. The Morgan fingerprint density at radius 1 is 0.829 bits per heavy atom. The molecule has 0 amide bonds. The summed E-state index contributed by atoms with van der Waals surface area (Å²) in [4.78, 5) is 30.4. The number of aromatic nitrogens is 5. The molecule has 4 heterocycles. The van der Waals surface area contributed by atoms with E-state index < -0.39 is 0 Å².